The lowest BCUT2D eigenvalue weighted by Gasteiger charge is -2.09. The number of aromatic hydroxyl groups is 1. The van der Waals surface area contributed by atoms with Crippen LogP contribution < -0.4 is 19.5 Å². The molecule has 3 rings (SSSR count). The van der Waals surface area contributed by atoms with Gasteiger partial charge in [-0.25, -0.2) is 13.2 Å². The van der Waals surface area contributed by atoms with E-state index in [1.165, 1.54) is 30.5 Å². The van der Waals surface area contributed by atoms with Crippen LogP contribution in [0.2, 0.25) is 0 Å². The first-order chi connectivity index (χ1) is 14.2. The van der Waals surface area contributed by atoms with Gasteiger partial charge in [0, 0.05) is 19.0 Å². The fraction of sp³-hybridized carbons (Fsp3) is 0.167. The Balaban J connectivity index is 1.54. The number of hydrogen-bond acceptors (Lipinski definition) is 8. The van der Waals surface area contributed by atoms with Crippen molar-refractivity contribution in [2.24, 2.45) is 0 Å². The number of urea groups is 1. The summed E-state index contributed by atoms with van der Waals surface area (Å²) < 4.78 is 42.5. The predicted molar refractivity (Wildman–Crippen MR) is 103 cm³/mol. The van der Waals surface area contributed by atoms with Crippen molar-refractivity contribution in [2.45, 2.75) is 19.4 Å². The van der Waals surface area contributed by atoms with Crippen LogP contribution >= 0.6 is 0 Å². The van der Waals surface area contributed by atoms with Gasteiger partial charge in [-0.2, -0.15) is 0 Å². The third-order valence-electron chi connectivity index (χ3n) is 3.95. The summed E-state index contributed by atoms with van der Waals surface area (Å²) in [6.07, 6.45) is 2.16. The molecule has 11 nitrogen and oxygen atoms in total. The maximum atomic E-state index is 12.1. The van der Waals surface area contributed by atoms with Crippen LogP contribution in [0.25, 0.3) is 0 Å². The van der Waals surface area contributed by atoms with Gasteiger partial charge in [-0.3, -0.25) is 9.84 Å². The van der Waals surface area contributed by atoms with Crippen molar-refractivity contribution in [3.05, 3.63) is 60.3 Å². The van der Waals surface area contributed by atoms with E-state index in [2.05, 4.69) is 20.1 Å². The Morgan fingerprint density at radius 2 is 1.87 bits per heavy atom. The van der Waals surface area contributed by atoms with E-state index < -0.39 is 16.4 Å². The molecule has 0 aliphatic rings. The number of benzene rings is 2. The number of phenolic OH excluding ortho intramolecular Hbond substituents is 1. The van der Waals surface area contributed by atoms with Gasteiger partial charge in [0.1, 0.15) is 11.5 Å². The topological polar surface area (TPSA) is 158 Å². The Bertz CT molecular complexity index is 1110. The summed E-state index contributed by atoms with van der Waals surface area (Å²) in [5.41, 5.74) is 1.33. The van der Waals surface area contributed by atoms with E-state index >= 15 is 0 Å². The second-order valence-electron chi connectivity index (χ2n) is 6.36. The highest BCUT2D eigenvalue weighted by Crippen LogP contribution is 2.17. The summed E-state index contributed by atoms with van der Waals surface area (Å²) in [6.45, 7) is 1.92. The predicted octanol–water partition coefficient (Wildman–Crippen LogP) is 1.95. The van der Waals surface area contributed by atoms with Crippen LogP contribution in [0.3, 0.4) is 0 Å². The molecule has 1 aromatic heterocycles. The van der Waals surface area contributed by atoms with E-state index in [4.69, 9.17) is 4.52 Å². The average Bonchev–Trinajstić information content (AvgIpc) is 3.12. The van der Waals surface area contributed by atoms with E-state index in [1.54, 1.807) is 16.8 Å². The Morgan fingerprint density at radius 1 is 1.20 bits per heavy atom. The molecule has 3 N–H and O–H groups in total. The minimum absolute atomic E-state index is 0.0678. The standard InChI is InChI=1S/C18H18N4O7S/c1-12(10-13-2-6-15(23)7-3-13)22-11-17(28-21-22)20-18(24)19-14-4-8-16(9-5-14)29-30(25,26)27/h2-9,11-12H,10H2,1H3,(H3-,19,20,21,23,24,25,26,27). The van der Waals surface area contributed by atoms with Gasteiger partial charge < -0.3 is 19.2 Å². The minimum Gasteiger partial charge on any atom is -0.716 e. The van der Waals surface area contributed by atoms with Crippen LogP contribution in [-0.4, -0.2) is 29.4 Å². The zero-order valence-electron chi connectivity index (χ0n) is 15.7. The zero-order chi connectivity index (χ0) is 21.7. The minimum atomic E-state index is -4.86. The van der Waals surface area contributed by atoms with Crippen molar-refractivity contribution in [3.63, 3.8) is 0 Å². The van der Waals surface area contributed by atoms with Crippen LogP contribution in [0.1, 0.15) is 18.5 Å². The quantitative estimate of drug-likeness (QED) is 0.289. The molecule has 0 aliphatic carbocycles. The second kappa shape index (κ2) is 8.80. The lowest BCUT2D eigenvalue weighted by atomic mass is 10.1. The van der Waals surface area contributed by atoms with Gasteiger partial charge in [0.2, 0.25) is 5.27 Å². The molecular weight excluding hydrogens is 416 g/mol. The van der Waals surface area contributed by atoms with Gasteiger partial charge in [-0.05, 0) is 46.6 Å². The van der Waals surface area contributed by atoms with Gasteiger partial charge in [-0.15, -0.1) is 0 Å². The zero-order valence-corrected chi connectivity index (χ0v) is 16.5. The Hall–Kier alpha value is -3.64. The van der Waals surface area contributed by atoms with Crippen LogP contribution in [-0.2, 0) is 16.8 Å². The molecule has 158 valence electrons. The molecule has 0 saturated carbocycles. The molecule has 0 spiro atoms. The summed E-state index contributed by atoms with van der Waals surface area (Å²) in [6, 6.07) is 11.3. The number of amides is 2. The normalized spacial score (nSPS) is 12.2. The SMILES string of the molecule is CC(Cc1ccc(O)cc1)[n+]1cc(NC(=O)Nc2ccc(OS(=O)(=O)[O-])cc2)on1. The lowest BCUT2D eigenvalue weighted by molar-refractivity contribution is -0.782. The number of hydrogen-bond donors (Lipinski definition) is 3. The molecular formula is C18H18N4O7S. The van der Waals surface area contributed by atoms with Crippen LogP contribution in [0.5, 0.6) is 11.5 Å². The molecule has 0 aliphatic heterocycles. The summed E-state index contributed by atoms with van der Waals surface area (Å²) >= 11 is 0. The first-order valence-corrected chi connectivity index (χ1v) is 10.0. The van der Waals surface area contributed by atoms with Gasteiger partial charge in [-0.1, -0.05) is 12.1 Å². The number of nitrogens with zero attached hydrogens (tertiary/aromatic N) is 2. The van der Waals surface area contributed by atoms with Crippen LogP contribution in [0.4, 0.5) is 16.4 Å². The van der Waals surface area contributed by atoms with Crippen LogP contribution in [0.15, 0.2) is 59.3 Å². The molecule has 30 heavy (non-hydrogen) atoms. The number of nitrogens with one attached hydrogen (secondary N) is 2. The molecule has 1 unspecified atom stereocenters. The molecule has 2 aromatic carbocycles. The molecule has 0 radical (unpaired) electrons. The number of aromatic nitrogens is 2. The highest BCUT2D eigenvalue weighted by atomic mass is 32.3. The number of carbonyl (C=O) groups excluding carboxylic acids is 1. The van der Waals surface area contributed by atoms with Crippen molar-refractivity contribution >= 4 is 28.0 Å². The Kier molecular flexibility index (Phi) is 6.18. The molecule has 12 heteroatoms. The Labute approximate surface area is 171 Å². The number of carbonyl (C=O) groups is 1. The van der Waals surface area contributed by atoms with Crippen molar-refractivity contribution in [1.29, 1.82) is 0 Å². The molecule has 0 fully saturated rings. The molecule has 1 atom stereocenters. The third kappa shape index (κ3) is 6.18. The third-order valence-corrected chi connectivity index (χ3v) is 4.35. The van der Waals surface area contributed by atoms with E-state index in [0.29, 0.717) is 12.1 Å². The van der Waals surface area contributed by atoms with E-state index in [-0.39, 0.29) is 23.4 Å². The van der Waals surface area contributed by atoms with E-state index in [0.717, 1.165) is 5.56 Å². The van der Waals surface area contributed by atoms with Crippen molar-refractivity contribution in [3.8, 4) is 11.5 Å². The summed E-state index contributed by atoms with van der Waals surface area (Å²) in [7, 11) is -4.86. The fourth-order valence-corrected chi connectivity index (χ4v) is 2.92. The summed E-state index contributed by atoms with van der Waals surface area (Å²) in [5, 5.41) is 18.2. The first kappa shape index (κ1) is 21.1. The van der Waals surface area contributed by atoms with E-state index in [9.17, 15) is 22.9 Å². The fourth-order valence-electron chi connectivity index (χ4n) is 2.57. The Morgan fingerprint density at radius 3 is 2.50 bits per heavy atom. The largest absolute Gasteiger partial charge is 0.716 e. The monoisotopic (exact) mass is 434 g/mol. The summed E-state index contributed by atoms with van der Waals surface area (Å²) in [4.78, 5) is 12.1. The molecule has 0 saturated heterocycles. The molecule has 3 aromatic rings. The maximum Gasteiger partial charge on any atom is 0.326 e. The highest BCUT2D eigenvalue weighted by molar-refractivity contribution is 7.81. The lowest BCUT2D eigenvalue weighted by Crippen LogP contribution is -2.40. The highest BCUT2D eigenvalue weighted by Gasteiger charge is 2.21. The van der Waals surface area contributed by atoms with Gasteiger partial charge in [0.25, 0.3) is 16.6 Å². The molecule has 1 heterocycles. The first-order valence-electron chi connectivity index (χ1n) is 8.67. The number of phenols is 1. The van der Waals surface area contributed by atoms with Crippen molar-refractivity contribution < 1.29 is 36.3 Å². The smallest absolute Gasteiger partial charge is 0.326 e. The summed E-state index contributed by atoms with van der Waals surface area (Å²) in [5.74, 6) is 0.132. The van der Waals surface area contributed by atoms with Gasteiger partial charge >= 0.3 is 11.9 Å². The van der Waals surface area contributed by atoms with Gasteiger partial charge in [0.05, 0.1) is 0 Å². The van der Waals surface area contributed by atoms with Crippen molar-refractivity contribution in [2.75, 3.05) is 10.6 Å². The molecule has 2 amide bonds. The van der Waals surface area contributed by atoms with Gasteiger partial charge in [0.15, 0.2) is 6.04 Å². The number of anilines is 2. The molecule has 0 bridgehead atoms. The van der Waals surface area contributed by atoms with E-state index in [1.807, 2.05) is 19.1 Å². The second-order valence-corrected chi connectivity index (χ2v) is 7.34. The van der Waals surface area contributed by atoms with Crippen molar-refractivity contribution in [1.82, 2.24) is 5.27 Å². The number of rotatable bonds is 7. The van der Waals surface area contributed by atoms with Crippen LogP contribution in [0, 0.1) is 0 Å². The maximum absolute atomic E-state index is 12.1. The average molecular weight is 434 g/mol.